The van der Waals surface area contributed by atoms with Gasteiger partial charge < -0.3 is 19.5 Å². The van der Waals surface area contributed by atoms with Gasteiger partial charge >= 0.3 is 5.97 Å². The molecular weight excluding hydrogens is 452 g/mol. The lowest BCUT2D eigenvalue weighted by molar-refractivity contribution is -0.142. The molecule has 34 heavy (non-hydrogen) atoms. The van der Waals surface area contributed by atoms with Gasteiger partial charge in [-0.25, -0.2) is 4.79 Å². The maximum atomic E-state index is 12.3. The first kappa shape index (κ1) is 25.3. The standard InChI is InChI=1S/C26H30N2O5S/c1-4-12-32-21-10-7-18(14-22(21)31-5-2)8-11-25(30)33-16-24(29)28-26-20(15-27)19-9-6-17(3)13-23(19)34-26/h7-8,10-11,14,17H,4-6,9,12-13,16H2,1-3H3,(H,28,29). The van der Waals surface area contributed by atoms with Crippen LogP contribution in [0.3, 0.4) is 0 Å². The number of benzene rings is 1. The van der Waals surface area contributed by atoms with Crippen LogP contribution in [0, 0.1) is 17.2 Å². The number of nitrogens with one attached hydrogen (secondary N) is 1. The summed E-state index contributed by atoms with van der Waals surface area (Å²) in [6.07, 6.45) is 6.55. The summed E-state index contributed by atoms with van der Waals surface area (Å²) in [6.45, 7) is 6.76. The Balaban J connectivity index is 1.55. The summed E-state index contributed by atoms with van der Waals surface area (Å²) >= 11 is 1.44. The first-order valence-corrected chi connectivity index (χ1v) is 12.4. The van der Waals surface area contributed by atoms with E-state index in [9.17, 15) is 14.9 Å². The summed E-state index contributed by atoms with van der Waals surface area (Å²) in [7, 11) is 0. The van der Waals surface area contributed by atoms with Gasteiger partial charge in [-0.3, -0.25) is 4.79 Å². The molecule has 1 unspecified atom stereocenters. The van der Waals surface area contributed by atoms with Gasteiger partial charge in [-0.05, 0) is 67.9 Å². The third-order valence-corrected chi connectivity index (χ3v) is 6.53. The van der Waals surface area contributed by atoms with E-state index >= 15 is 0 Å². The Morgan fingerprint density at radius 3 is 2.82 bits per heavy atom. The SMILES string of the molecule is CCCOc1ccc(C=CC(=O)OCC(=O)Nc2sc3c(c2C#N)CCC(C)C3)cc1OCC. The fraction of sp³-hybridized carbons (Fsp3) is 0.423. The van der Waals surface area contributed by atoms with Crippen LogP contribution in [0.1, 0.15) is 55.2 Å². The van der Waals surface area contributed by atoms with Crippen molar-refractivity contribution < 1.29 is 23.8 Å². The molecule has 8 heteroatoms. The van der Waals surface area contributed by atoms with Crippen LogP contribution in [0.5, 0.6) is 11.5 Å². The van der Waals surface area contributed by atoms with E-state index in [0.717, 1.165) is 41.7 Å². The molecule has 1 N–H and O–H groups in total. The van der Waals surface area contributed by atoms with Crippen LogP contribution < -0.4 is 14.8 Å². The summed E-state index contributed by atoms with van der Waals surface area (Å²) < 4.78 is 16.4. The van der Waals surface area contributed by atoms with Crippen molar-refractivity contribution in [2.45, 2.75) is 46.5 Å². The van der Waals surface area contributed by atoms with Crippen LogP contribution >= 0.6 is 11.3 Å². The lowest BCUT2D eigenvalue weighted by atomic mass is 9.89. The lowest BCUT2D eigenvalue weighted by Gasteiger charge is -2.17. The van der Waals surface area contributed by atoms with Crippen LogP contribution in [0.4, 0.5) is 5.00 Å². The fourth-order valence-electron chi connectivity index (χ4n) is 3.70. The molecule has 180 valence electrons. The number of thiophene rings is 1. The molecule has 1 amide bonds. The third-order valence-electron chi connectivity index (χ3n) is 5.36. The second-order valence-electron chi connectivity index (χ2n) is 8.14. The maximum absolute atomic E-state index is 12.3. The molecule has 1 aromatic heterocycles. The Morgan fingerprint density at radius 2 is 2.09 bits per heavy atom. The van der Waals surface area contributed by atoms with E-state index in [0.29, 0.717) is 41.2 Å². The van der Waals surface area contributed by atoms with Crippen molar-refractivity contribution in [3.8, 4) is 17.6 Å². The number of nitrogens with zero attached hydrogens (tertiary/aromatic N) is 1. The largest absolute Gasteiger partial charge is 0.490 e. The zero-order chi connectivity index (χ0) is 24.5. The van der Waals surface area contributed by atoms with E-state index in [1.807, 2.05) is 19.9 Å². The molecule has 0 fully saturated rings. The number of carbonyl (C=O) groups is 2. The van der Waals surface area contributed by atoms with E-state index < -0.39 is 18.5 Å². The number of ether oxygens (including phenoxy) is 3. The number of rotatable bonds is 10. The topological polar surface area (TPSA) is 97.6 Å². The van der Waals surface area contributed by atoms with E-state index in [-0.39, 0.29) is 0 Å². The van der Waals surface area contributed by atoms with Gasteiger partial charge in [0.1, 0.15) is 11.1 Å². The summed E-state index contributed by atoms with van der Waals surface area (Å²) in [5.74, 6) is 0.715. The van der Waals surface area contributed by atoms with Crippen molar-refractivity contribution in [1.82, 2.24) is 0 Å². The Labute approximate surface area is 204 Å². The first-order chi connectivity index (χ1) is 16.4. The molecular formula is C26H30N2O5S. The fourth-order valence-corrected chi connectivity index (χ4v) is 5.07. The van der Waals surface area contributed by atoms with Gasteiger partial charge in [-0.2, -0.15) is 5.26 Å². The normalized spacial score (nSPS) is 14.8. The van der Waals surface area contributed by atoms with Gasteiger partial charge in [-0.1, -0.05) is 19.9 Å². The minimum Gasteiger partial charge on any atom is -0.490 e. The molecule has 0 spiro atoms. The summed E-state index contributed by atoms with van der Waals surface area (Å²) in [4.78, 5) is 25.6. The van der Waals surface area contributed by atoms with Crippen LogP contribution in [0.25, 0.3) is 6.08 Å². The predicted molar refractivity (Wildman–Crippen MR) is 132 cm³/mol. The zero-order valence-corrected chi connectivity index (χ0v) is 20.6. The highest BCUT2D eigenvalue weighted by molar-refractivity contribution is 7.16. The number of esters is 1. The van der Waals surface area contributed by atoms with Crippen LogP contribution in [0.15, 0.2) is 24.3 Å². The minimum absolute atomic E-state index is 0.430. The number of hydrogen-bond acceptors (Lipinski definition) is 7. The summed E-state index contributed by atoms with van der Waals surface area (Å²) in [5.41, 5.74) is 2.31. The number of fused-ring (bicyclic) bond motifs is 1. The highest BCUT2D eigenvalue weighted by Crippen LogP contribution is 2.39. The van der Waals surface area contributed by atoms with Crippen LogP contribution in [0.2, 0.25) is 0 Å². The Kier molecular flexibility index (Phi) is 9.11. The van der Waals surface area contributed by atoms with Gasteiger partial charge in [0, 0.05) is 11.0 Å². The van der Waals surface area contributed by atoms with Gasteiger partial charge in [0.05, 0.1) is 18.8 Å². The third kappa shape index (κ3) is 6.61. The first-order valence-electron chi connectivity index (χ1n) is 11.5. The van der Waals surface area contributed by atoms with Crippen molar-refractivity contribution in [3.63, 3.8) is 0 Å². The Bertz CT molecular complexity index is 1100. The molecule has 1 atom stereocenters. The molecule has 0 saturated carbocycles. The second kappa shape index (κ2) is 12.2. The van der Waals surface area contributed by atoms with Gasteiger partial charge in [0.2, 0.25) is 0 Å². The molecule has 7 nitrogen and oxygen atoms in total. The Hall–Kier alpha value is -3.31. The highest BCUT2D eigenvalue weighted by atomic mass is 32.1. The number of anilines is 1. The average molecular weight is 483 g/mol. The number of nitriles is 1. The molecule has 1 aliphatic rings. The lowest BCUT2D eigenvalue weighted by Crippen LogP contribution is -2.20. The van der Waals surface area contributed by atoms with Crippen molar-refractivity contribution in [2.75, 3.05) is 25.1 Å². The van der Waals surface area contributed by atoms with E-state index in [1.165, 1.54) is 17.4 Å². The Morgan fingerprint density at radius 1 is 1.26 bits per heavy atom. The zero-order valence-electron chi connectivity index (χ0n) is 19.8. The smallest absolute Gasteiger partial charge is 0.331 e. The number of amides is 1. The second-order valence-corrected chi connectivity index (χ2v) is 9.25. The molecule has 0 bridgehead atoms. The molecule has 1 heterocycles. The minimum atomic E-state index is -0.640. The molecule has 0 radical (unpaired) electrons. The molecule has 1 aliphatic carbocycles. The molecule has 0 saturated heterocycles. The molecule has 1 aromatic carbocycles. The van der Waals surface area contributed by atoms with Crippen LogP contribution in [-0.2, 0) is 27.2 Å². The van der Waals surface area contributed by atoms with E-state index in [2.05, 4.69) is 18.3 Å². The van der Waals surface area contributed by atoms with Gasteiger partial charge in [0.15, 0.2) is 18.1 Å². The number of hydrogen-bond donors (Lipinski definition) is 1. The predicted octanol–water partition coefficient (Wildman–Crippen LogP) is 5.13. The summed E-state index contributed by atoms with van der Waals surface area (Å²) in [6, 6.07) is 7.61. The summed E-state index contributed by atoms with van der Waals surface area (Å²) in [5, 5.41) is 12.8. The number of carbonyl (C=O) groups excluding carboxylic acids is 2. The highest BCUT2D eigenvalue weighted by Gasteiger charge is 2.24. The quantitative estimate of drug-likeness (QED) is 0.373. The van der Waals surface area contributed by atoms with Crippen LogP contribution in [-0.4, -0.2) is 31.7 Å². The maximum Gasteiger partial charge on any atom is 0.331 e. The average Bonchev–Trinajstić information content (AvgIpc) is 3.16. The van der Waals surface area contributed by atoms with Gasteiger partial charge in [0.25, 0.3) is 5.91 Å². The van der Waals surface area contributed by atoms with Crippen molar-refractivity contribution in [2.24, 2.45) is 5.92 Å². The van der Waals surface area contributed by atoms with Crippen molar-refractivity contribution >= 4 is 34.3 Å². The monoisotopic (exact) mass is 482 g/mol. The van der Waals surface area contributed by atoms with Gasteiger partial charge in [-0.15, -0.1) is 11.3 Å². The van der Waals surface area contributed by atoms with Crippen molar-refractivity contribution in [1.29, 1.82) is 5.26 Å². The molecule has 3 rings (SSSR count). The molecule has 2 aromatic rings. The molecule has 0 aliphatic heterocycles. The van der Waals surface area contributed by atoms with E-state index in [4.69, 9.17) is 14.2 Å². The van der Waals surface area contributed by atoms with Crippen molar-refractivity contribution in [3.05, 3.63) is 45.8 Å². The van der Waals surface area contributed by atoms with E-state index in [1.54, 1.807) is 18.2 Å².